The van der Waals surface area contributed by atoms with Crippen LogP contribution in [0.15, 0.2) is 36.7 Å². The van der Waals surface area contributed by atoms with Crippen LogP contribution in [0.25, 0.3) is 0 Å². The third-order valence-electron chi connectivity index (χ3n) is 6.08. The number of hydrogen-bond acceptors (Lipinski definition) is 6. The van der Waals surface area contributed by atoms with Gasteiger partial charge in [-0.1, -0.05) is 0 Å². The fourth-order valence-corrected chi connectivity index (χ4v) is 4.46. The van der Waals surface area contributed by atoms with E-state index in [0.717, 1.165) is 68.6 Å². The summed E-state index contributed by atoms with van der Waals surface area (Å²) in [5.74, 6) is 2.58. The minimum atomic E-state index is 0.0426. The minimum absolute atomic E-state index is 0.0426. The van der Waals surface area contributed by atoms with Crippen molar-refractivity contribution in [1.29, 1.82) is 0 Å². The number of hydrogen-bond donors (Lipinski definition) is 1. The number of amides is 1. The van der Waals surface area contributed by atoms with Crippen molar-refractivity contribution in [1.82, 2.24) is 14.9 Å². The van der Waals surface area contributed by atoms with Gasteiger partial charge in [0.25, 0.3) is 5.91 Å². The summed E-state index contributed by atoms with van der Waals surface area (Å²) in [4.78, 5) is 27.4. The van der Waals surface area contributed by atoms with Gasteiger partial charge in [-0.05, 0) is 37.1 Å². The van der Waals surface area contributed by atoms with Crippen molar-refractivity contribution in [3.05, 3.63) is 42.2 Å². The number of methoxy groups -OCH3 is 2. The average molecular weight is 413 g/mol. The Labute approximate surface area is 177 Å². The predicted molar refractivity (Wildman–Crippen MR) is 113 cm³/mol. The van der Waals surface area contributed by atoms with E-state index >= 15 is 0 Å². The lowest BCUT2D eigenvalue weighted by molar-refractivity contribution is -0.892. The summed E-state index contributed by atoms with van der Waals surface area (Å²) in [7, 11) is 3.33. The van der Waals surface area contributed by atoms with Crippen LogP contribution in [0.5, 0.6) is 11.5 Å². The molecule has 8 heteroatoms. The second-order valence-electron chi connectivity index (χ2n) is 7.82. The van der Waals surface area contributed by atoms with Gasteiger partial charge in [0.15, 0.2) is 6.54 Å². The van der Waals surface area contributed by atoms with Gasteiger partial charge in [-0.3, -0.25) is 4.79 Å². The third kappa shape index (κ3) is 4.33. The number of carbonyl (C=O) groups is 1. The SMILES string of the molecule is COc1ccc(OC)c([C@H]2CCCN2C(=O)C[NH+]2CCN(c3ncccn3)CC2)c1. The molecule has 0 saturated carbocycles. The van der Waals surface area contributed by atoms with Crippen LogP contribution in [-0.2, 0) is 4.79 Å². The maximum absolute atomic E-state index is 13.2. The van der Waals surface area contributed by atoms with Gasteiger partial charge in [-0.15, -0.1) is 0 Å². The lowest BCUT2D eigenvalue weighted by atomic mass is 10.0. The first-order valence-electron chi connectivity index (χ1n) is 10.6. The lowest BCUT2D eigenvalue weighted by Crippen LogP contribution is -3.15. The summed E-state index contributed by atoms with van der Waals surface area (Å²) in [5, 5.41) is 0. The summed E-state index contributed by atoms with van der Waals surface area (Å²) in [6.07, 6.45) is 5.49. The molecule has 0 aliphatic carbocycles. The first kappa shape index (κ1) is 20.4. The molecule has 160 valence electrons. The number of quaternary nitrogens is 1. The lowest BCUT2D eigenvalue weighted by Gasteiger charge is -2.33. The quantitative estimate of drug-likeness (QED) is 0.748. The van der Waals surface area contributed by atoms with E-state index in [-0.39, 0.29) is 11.9 Å². The molecule has 8 nitrogen and oxygen atoms in total. The van der Waals surface area contributed by atoms with E-state index in [1.165, 1.54) is 4.90 Å². The molecular formula is C22H30N5O3+. The Morgan fingerprint density at radius 1 is 1.13 bits per heavy atom. The molecule has 1 N–H and O–H groups in total. The summed E-state index contributed by atoms with van der Waals surface area (Å²) < 4.78 is 11.0. The molecule has 0 unspecified atom stereocenters. The zero-order valence-corrected chi connectivity index (χ0v) is 17.7. The third-order valence-corrected chi connectivity index (χ3v) is 6.08. The van der Waals surface area contributed by atoms with E-state index in [1.54, 1.807) is 26.6 Å². The molecule has 1 aromatic carbocycles. The van der Waals surface area contributed by atoms with Crippen molar-refractivity contribution < 1.29 is 19.2 Å². The van der Waals surface area contributed by atoms with Crippen LogP contribution in [-0.4, -0.2) is 74.3 Å². The summed E-state index contributed by atoms with van der Waals surface area (Å²) in [5.41, 5.74) is 1.03. The van der Waals surface area contributed by atoms with E-state index in [2.05, 4.69) is 14.9 Å². The Morgan fingerprint density at radius 3 is 2.60 bits per heavy atom. The maximum Gasteiger partial charge on any atom is 0.278 e. The molecule has 1 amide bonds. The number of rotatable bonds is 6. The van der Waals surface area contributed by atoms with E-state index in [4.69, 9.17) is 9.47 Å². The zero-order chi connectivity index (χ0) is 20.9. The fraction of sp³-hybridized carbons (Fsp3) is 0.500. The minimum Gasteiger partial charge on any atom is -0.497 e. The van der Waals surface area contributed by atoms with Gasteiger partial charge in [0, 0.05) is 24.5 Å². The van der Waals surface area contributed by atoms with Gasteiger partial charge in [0.1, 0.15) is 11.5 Å². The molecule has 0 spiro atoms. The summed E-state index contributed by atoms with van der Waals surface area (Å²) in [6, 6.07) is 7.68. The highest BCUT2D eigenvalue weighted by Crippen LogP contribution is 2.38. The van der Waals surface area contributed by atoms with Gasteiger partial charge in [-0.25, -0.2) is 9.97 Å². The molecule has 2 fully saturated rings. The number of nitrogens with zero attached hydrogens (tertiary/aromatic N) is 4. The van der Waals surface area contributed by atoms with Crippen LogP contribution in [0.2, 0.25) is 0 Å². The highest BCUT2D eigenvalue weighted by Gasteiger charge is 2.34. The largest absolute Gasteiger partial charge is 0.497 e. The van der Waals surface area contributed by atoms with Crippen LogP contribution >= 0.6 is 0 Å². The summed E-state index contributed by atoms with van der Waals surface area (Å²) >= 11 is 0. The standard InChI is InChI=1S/C22H29N5O3/c1-29-17-6-7-20(30-2)18(15-17)19-5-3-10-27(19)21(28)16-25-11-13-26(14-12-25)22-23-8-4-9-24-22/h4,6-9,15,19H,3,5,10-14,16H2,1-2H3/p+1/t19-/m1/s1. The van der Waals surface area contributed by atoms with Crippen LogP contribution in [0, 0.1) is 0 Å². The zero-order valence-electron chi connectivity index (χ0n) is 17.7. The maximum atomic E-state index is 13.2. The molecule has 2 aliphatic heterocycles. The van der Waals surface area contributed by atoms with Crippen LogP contribution in [0.1, 0.15) is 24.4 Å². The first-order valence-corrected chi connectivity index (χ1v) is 10.6. The second kappa shape index (κ2) is 9.30. The Morgan fingerprint density at radius 2 is 1.90 bits per heavy atom. The number of carbonyl (C=O) groups excluding carboxylic acids is 1. The second-order valence-corrected chi connectivity index (χ2v) is 7.82. The summed E-state index contributed by atoms with van der Waals surface area (Å²) in [6.45, 7) is 4.85. The smallest absolute Gasteiger partial charge is 0.278 e. The van der Waals surface area contributed by atoms with Gasteiger partial charge in [0.05, 0.1) is 46.4 Å². The van der Waals surface area contributed by atoms with Crippen LogP contribution in [0.3, 0.4) is 0 Å². The molecule has 30 heavy (non-hydrogen) atoms. The molecule has 2 aromatic rings. The Hall–Kier alpha value is -2.87. The highest BCUT2D eigenvalue weighted by atomic mass is 16.5. The van der Waals surface area contributed by atoms with Crippen LogP contribution in [0.4, 0.5) is 5.95 Å². The van der Waals surface area contributed by atoms with E-state index in [0.29, 0.717) is 6.54 Å². The van der Waals surface area contributed by atoms with Crippen molar-refractivity contribution in [2.75, 3.05) is 58.4 Å². The molecule has 3 heterocycles. The number of nitrogens with one attached hydrogen (secondary N) is 1. The van der Waals surface area contributed by atoms with E-state index in [9.17, 15) is 4.79 Å². The normalized spacial score (nSPS) is 19.7. The number of aromatic nitrogens is 2. The molecule has 1 atom stereocenters. The molecule has 0 radical (unpaired) electrons. The van der Waals surface area contributed by atoms with E-state index < -0.39 is 0 Å². The molecule has 2 saturated heterocycles. The van der Waals surface area contributed by atoms with Gasteiger partial charge < -0.3 is 24.2 Å². The molecule has 1 aromatic heterocycles. The van der Waals surface area contributed by atoms with Crippen molar-refractivity contribution >= 4 is 11.9 Å². The monoisotopic (exact) mass is 412 g/mol. The van der Waals surface area contributed by atoms with Crippen LogP contribution < -0.4 is 19.3 Å². The van der Waals surface area contributed by atoms with Crippen molar-refractivity contribution in [3.63, 3.8) is 0 Å². The number of likely N-dealkylation sites (tertiary alicyclic amines) is 1. The van der Waals surface area contributed by atoms with E-state index in [1.807, 2.05) is 29.2 Å². The fourth-order valence-electron chi connectivity index (χ4n) is 4.46. The predicted octanol–water partition coefficient (Wildman–Crippen LogP) is 0.562. The number of piperazine rings is 1. The first-order chi connectivity index (χ1) is 14.7. The van der Waals surface area contributed by atoms with Crippen molar-refractivity contribution in [2.45, 2.75) is 18.9 Å². The Bertz CT molecular complexity index is 855. The van der Waals surface area contributed by atoms with Crippen molar-refractivity contribution in [2.24, 2.45) is 0 Å². The molecule has 2 aliphatic rings. The molecule has 0 bridgehead atoms. The number of ether oxygens (including phenoxy) is 2. The molecule has 4 rings (SSSR count). The van der Waals surface area contributed by atoms with Crippen molar-refractivity contribution in [3.8, 4) is 11.5 Å². The topological polar surface area (TPSA) is 72.2 Å². The van der Waals surface area contributed by atoms with Gasteiger partial charge in [-0.2, -0.15) is 0 Å². The number of benzene rings is 1. The Balaban J connectivity index is 1.39. The Kier molecular flexibility index (Phi) is 6.32. The van der Waals surface area contributed by atoms with Gasteiger partial charge >= 0.3 is 0 Å². The number of anilines is 1. The highest BCUT2D eigenvalue weighted by molar-refractivity contribution is 5.78. The average Bonchev–Trinajstić information content (AvgIpc) is 3.30. The molecular weight excluding hydrogens is 382 g/mol. The van der Waals surface area contributed by atoms with Gasteiger partial charge in [0.2, 0.25) is 5.95 Å².